The van der Waals surface area contributed by atoms with Gasteiger partial charge in [0.1, 0.15) is 0 Å². The van der Waals surface area contributed by atoms with Crippen molar-refractivity contribution in [3.05, 3.63) is 78.6 Å². The van der Waals surface area contributed by atoms with Crippen LogP contribution in [0.4, 0.5) is 11.4 Å². The van der Waals surface area contributed by atoms with Crippen molar-refractivity contribution in [3.63, 3.8) is 0 Å². The molecule has 4 rings (SSSR count). The first-order chi connectivity index (χ1) is 14.1. The number of nitrogens with zero attached hydrogens (tertiary/aromatic N) is 3. The second-order valence-electron chi connectivity index (χ2n) is 7.13. The number of rotatable bonds is 4. The van der Waals surface area contributed by atoms with Gasteiger partial charge in [0.2, 0.25) is 5.91 Å². The molecule has 1 N–H and O–H groups in total. The van der Waals surface area contributed by atoms with Crippen LogP contribution in [0, 0.1) is 0 Å². The van der Waals surface area contributed by atoms with Gasteiger partial charge in [-0.15, -0.1) is 0 Å². The predicted molar refractivity (Wildman–Crippen MR) is 115 cm³/mol. The van der Waals surface area contributed by atoms with Gasteiger partial charge in [-0.3, -0.25) is 9.59 Å². The number of anilines is 2. The van der Waals surface area contributed by atoms with Crippen molar-refractivity contribution >= 4 is 23.2 Å². The topological polar surface area (TPSA) is 57.6 Å². The van der Waals surface area contributed by atoms with Crippen molar-refractivity contribution in [2.45, 2.75) is 6.92 Å². The smallest absolute Gasteiger partial charge is 0.255 e. The summed E-state index contributed by atoms with van der Waals surface area (Å²) in [5.41, 5.74) is 3.49. The molecule has 0 bridgehead atoms. The third kappa shape index (κ3) is 4.32. The van der Waals surface area contributed by atoms with Gasteiger partial charge in [0.15, 0.2) is 0 Å². The van der Waals surface area contributed by atoms with E-state index in [1.54, 1.807) is 6.92 Å². The molecular formula is C23H24N4O2. The summed E-state index contributed by atoms with van der Waals surface area (Å²) in [4.78, 5) is 28.1. The van der Waals surface area contributed by atoms with Gasteiger partial charge in [0.05, 0.1) is 0 Å². The number of amides is 2. The lowest BCUT2D eigenvalue weighted by Gasteiger charge is -2.35. The number of hydrogen-bond donors (Lipinski definition) is 1. The van der Waals surface area contributed by atoms with Crippen LogP contribution in [-0.2, 0) is 4.79 Å². The molecule has 3 aromatic rings. The van der Waals surface area contributed by atoms with E-state index in [1.807, 2.05) is 82.5 Å². The van der Waals surface area contributed by atoms with Gasteiger partial charge >= 0.3 is 0 Å². The van der Waals surface area contributed by atoms with E-state index in [-0.39, 0.29) is 11.8 Å². The molecule has 6 heteroatoms. The maximum absolute atomic E-state index is 12.5. The third-order valence-electron chi connectivity index (χ3n) is 5.25. The minimum Gasteiger partial charge on any atom is -0.368 e. The van der Waals surface area contributed by atoms with Crippen molar-refractivity contribution in [1.82, 2.24) is 9.47 Å². The largest absolute Gasteiger partial charge is 0.368 e. The Bertz CT molecular complexity index is 971. The second kappa shape index (κ2) is 8.22. The van der Waals surface area contributed by atoms with E-state index in [9.17, 15) is 9.59 Å². The minimum absolute atomic E-state index is 0.129. The molecule has 2 aromatic carbocycles. The molecule has 0 aliphatic carbocycles. The van der Waals surface area contributed by atoms with E-state index in [4.69, 9.17) is 0 Å². The predicted octanol–water partition coefficient (Wildman–Crippen LogP) is 3.40. The van der Waals surface area contributed by atoms with Crippen LogP contribution in [0.1, 0.15) is 17.3 Å². The molecule has 0 atom stereocenters. The molecule has 0 spiro atoms. The average molecular weight is 388 g/mol. The first kappa shape index (κ1) is 18.8. The fourth-order valence-corrected chi connectivity index (χ4v) is 3.53. The van der Waals surface area contributed by atoms with Crippen molar-refractivity contribution < 1.29 is 9.59 Å². The number of hydrogen-bond acceptors (Lipinski definition) is 3. The van der Waals surface area contributed by atoms with Crippen LogP contribution in [0.15, 0.2) is 73.1 Å². The summed E-state index contributed by atoms with van der Waals surface area (Å²) < 4.78 is 2.00. The van der Waals surface area contributed by atoms with Gasteiger partial charge in [0, 0.05) is 68.1 Å². The summed E-state index contributed by atoms with van der Waals surface area (Å²) in [5.74, 6) is -0.00372. The van der Waals surface area contributed by atoms with Gasteiger partial charge in [-0.05, 0) is 60.7 Å². The lowest BCUT2D eigenvalue weighted by Crippen LogP contribution is -2.48. The van der Waals surface area contributed by atoms with Crippen molar-refractivity contribution in [2.75, 3.05) is 36.4 Å². The summed E-state index contributed by atoms with van der Waals surface area (Å²) in [6.45, 7) is 4.74. The number of nitrogens with one attached hydrogen (secondary N) is 1. The van der Waals surface area contributed by atoms with E-state index in [1.165, 1.54) is 0 Å². The van der Waals surface area contributed by atoms with Crippen LogP contribution in [0.25, 0.3) is 5.69 Å². The zero-order valence-electron chi connectivity index (χ0n) is 16.4. The quantitative estimate of drug-likeness (QED) is 0.745. The zero-order chi connectivity index (χ0) is 20.2. The molecule has 1 saturated heterocycles. The van der Waals surface area contributed by atoms with Gasteiger partial charge in [-0.25, -0.2) is 0 Å². The van der Waals surface area contributed by atoms with Crippen LogP contribution in [0.3, 0.4) is 0 Å². The molecular weight excluding hydrogens is 364 g/mol. The Morgan fingerprint density at radius 1 is 0.793 bits per heavy atom. The summed E-state index contributed by atoms with van der Waals surface area (Å²) in [6.07, 6.45) is 3.94. The molecule has 1 aliphatic rings. The van der Waals surface area contributed by atoms with Crippen LogP contribution in [0.2, 0.25) is 0 Å². The fourth-order valence-electron chi connectivity index (χ4n) is 3.53. The Labute approximate surface area is 170 Å². The van der Waals surface area contributed by atoms with E-state index < -0.39 is 0 Å². The maximum atomic E-state index is 12.5. The number of piperazine rings is 1. The SMILES string of the molecule is CC(=O)N1CCN(c2ccc(NC(=O)c3ccc(-n4cccc4)cc3)cc2)CC1. The first-order valence-electron chi connectivity index (χ1n) is 9.75. The molecule has 1 aliphatic heterocycles. The number of benzene rings is 2. The Morgan fingerprint density at radius 2 is 1.38 bits per heavy atom. The molecule has 148 valence electrons. The van der Waals surface area contributed by atoms with E-state index >= 15 is 0 Å². The van der Waals surface area contributed by atoms with E-state index in [2.05, 4.69) is 10.2 Å². The average Bonchev–Trinajstić information content (AvgIpc) is 3.29. The molecule has 0 unspecified atom stereocenters. The highest BCUT2D eigenvalue weighted by Crippen LogP contribution is 2.20. The number of aromatic nitrogens is 1. The van der Waals surface area contributed by atoms with Gasteiger partial charge in [-0.1, -0.05) is 0 Å². The minimum atomic E-state index is -0.133. The van der Waals surface area contributed by atoms with E-state index in [0.717, 1.165) is 43.2 Å². The lowest BCUT2D eigenvalue weighted by atomic mass is 10.1. The molecule has 1 aromatic heterocycles. The van der Waals surface area contributed by atoms with Crippen LogP contribution >= 0.6 is 0 Å². The summed E-state index contributed by atoms with van der Waals surface area (Å²) in [6, 6.07) is 19.3. The molecule has 29 heavy (non-hydrogen) atoms. The van der Waals surface area contributed by atoms with Gasteiger partial charge < -0.3 is 19.7 Å². The van der Waals surface area contributed by atoms with Crippen molar-refractivity contribution in [3.8, 4) is 5.69 Å². The van der Waals surface area contributed by atoms with Crippen LogP contribution < -0.4 is 10.2 Å². The van der Waals surface area contributed by atoms with Crippen LogP contribution in [-0.4, -0.2) is 47.5 Å². The Morgan fingerprint density at radius 3 is 1.97 bits per heavy atom. The first-order valence-corrected chi connectivity index (χ1v) is 9.75. The molecule has 2 amide bonds. The Balaban J connectivity index is 1.36. The van der Waals surface area contributed by atoms with Gasteiger partial charge in [0.25, 0.3) is 5.91 Å². The maximum Gasteiger partial charge on any atom is 0.255 e. The lowest BCUT2D eigenvalue weighted by molar-refractivity contribution is -0.129. The van der Waals surface area contributed by atoms with E-state index in [0.29, 0.717) is 5.56 Å². The summed E-state index contributed by atoms with van der Waals surface area (Å²) >= 11 is 0. The highest BCUT2D eigenvalue weighted by molar-refractivity contribution is 6.04. The molecule has 0 radical (unpaired) electrons. The van der Waals surface area contributed by atoms with Crippen molar-refractivity contribution in [2.24, 2.45) is 0 Å². The highest BCUT2D eigenvalue weighted by atomic mass is 16.2. The normalized spacial score (nSPS) is 14.0. The van der Waals surface area contributed by atoms with Gasteiger partial charge in [-0.2, -0.15) is 0 Å². The Kier molecular flexibility index (Phi) is 5.33. The molecule has 1 fully saturated rings. The molecule has 6 nitrogen and oxygen atoms in total. The van der Waals surface area contributed by atoms with Crippen LogP contribution in [0.5, 0.6) is 0 Å². The third-order valence-corrected chi connectivity index (χ3v) is 5.25. The second-order valence-corrected chi connectivity index (χ2v) is 7.13. The standard InChI is InChI=1S/C23H24N4O2/c1-18(28)25-14-16-27(17-15-25)22-10-6-20(7-11-22)24-23(29)19-4-8-21(9-5-19)26-12-2-3-13-26/h2-13H,14-17H2,1H3,(H,24,29). The molecule has 2 heterocycles. The summed E-state index contributed by atoms with van der Waals surface area (Å²) in [7, 11) is 0. The van der Waals surface area contributed by atoms with Crippen molar-refractivity contribution in [1.29, 1.82) is 0 Å². The Hall–Kier alpha value is -3.54. The fraction of sp³-hybridized carbons (Fsp3) is 0.217. The highest BCUT2D eigenvalue weighted by Gasteiger charge is 2.18. The number of carbonyl (C=O) groups is 2. The number of carbonyl (C=O) groups excluding carboxylic acids is 2. The zero-order valence-corrected chi connectivity index (χ0v) is 16.4. The molecule has 0 saturated carbocycles. The monoisotopic (exact) mass is 388 g/mol. The summed E-state index contributed by atoms with van der Waals surface area (Å²) in [5, 5.41) is 2.95.